The molecule has 0 bridgehead atoms. The Morgan fingerprint density at radius 1 is 1.03 bits per heavy atom. The van der Waals surface area contributed by atoms with Crippen LogP contribution in [-0.2, 0) is 22.7 Å². The Balaban J connectivity index is 1.47. The zero-order valence-corrected chi connectivity index (χ0v) is 18.2. The highest BCUT2D eigenvalue weighted by Gasteiger charge is 2.13. The number of carbonyl (C=O) groups is 1. The highest BCUT2D eigenvalue weighted by atomic mass is 19.2. The van der Waals surface area contributed by atoms with Crippen LogP contribution in [0.5, 0.6) is 11.5 Å². The maximum Gasteiger partial charge on any atom is 0.327 e. The van der Waals surface area contributed by atoms with Crippen LogP contribution in [0.1, 0.15) is 12.5 Å². The lowest BCUT2D eigenvalue weighted by Gasteiger charge is -2.11. The van der Waals surface area contributed by atoms with Gasteiger partial charge < -0.3 is 14.2 Å². The van der Waals surface area contributed by atoms with Crippen molar-refractivity contribution < 1.29 is 27.8 Å². The lowest BCUT2D eigenvalue weighted by molar-refractivity contribution is -0.143. The zero-order valence-electron chi connectivity index (χ0n) is 18.2. The highest BCUT2D eigenvalue weighted by Crippen LogP contribution is 2.33. The molecule has 0 aliphatic carbocycles. The number of ether oxygens (including phenoxy) is 3. The third-order valence-electron chi connectivity index (χ3n) is 5.11. The molecule has 0 unspecified atom stereocenters. The second-order valence-electron chi connectivity index (χ2n) is 7.28. The summed E-state index contributed by atoms with van der Waals surface area (Å²) in [7, 11) is 1.41. The number of nitrogens with zero attached hydrogens (tertiary/aromatic N) is 2. The molecule has 6 nitrogen and oxygen atoms in total. The van der Waals surface area contributed by atoms with Gasteiger partial charge in [0.25, 0.3) is 0 Å². The van der Waals surface area contributed by atoms with E-state index < -0.39 is 11.6 Å². The molecule has 0 saturated heterocycles. The minimum absolute atomic E-state index is 0.0382. The molecule has 0 radical (unpaired) electrons. The van der Waals surface area contributed by atoms with Crippen LogP contribution in [0.4, 0.5) is 8.78 Å². The van der Waals surface area contributed by atoms with Crippen molar-refractivity contribution in [2.75, 3.05) is 13.7 Å². The van der Waals surface area contributed by atoms with Crippen LogP contribution >= 0.6 is 0 Å². The average molecular weight is 452 g/mol. The topological polar surface area (TPSA) is 62.6 Å². The maximum atomic E-state index is 13.7. The summed E-state index contributed by atoms with van der Waals surface area (Å²) in [5.41, 5.74) is 2.83. The molecule has 170 valence electrons. The summed E-state index contributed by atoms with van der Waals surface area (Å²) in [4.78, 5) is 11.8. The van der Waals surface area contributed by atoms with E-state index in [9.17, 15) is 13.6 Å². The van der Waals surface area contributed by atoms with Crippen molar-refractivity contribution >= 4 is 16.9 Å². The maximum absolute atomic E-state index is 13.7. The zero-order chi connectivity index (χ0) is 23.4. The SMILES string of the molecule is CCOC(=O)Cn1ncc2ccc(COc3ccc(-c4cc(F)c(F)cc4OC)cc3)cc21. The van der Waals surface area contributed by atoms with E-state index in [0.717, 1.165) is 28.6 Å². The molecule has 0 aliphatic rings. The number of halogens is 2. The summed E-state index contributed by atoms with van der Waals surface area (Å²) in [5.74, 6) is -1.39. The fourth-order valence-corrected chi connectivity index (χ4v) is 3.48. The van der Waals surface area contributed by atoms with Crippen molar-refractivity contribution in [3.05, 3.63) is 78.0 Å². The van der Waals surface area contributed by atoms with E-state index in [2.05, 4.69) is 5.10 Å². The Labute approximate surface area is 189 Å². The van der Waals surface area contributed by atoms with Crippen molar-refractivity contribution in [1.29, 1.82) is 0 Å². The molecule has 0 saturated carbocycles. The normalized spacial score (nSPS) is 10.9. The molecule has 33 heavy (non-hydrogen) atoms. The van der Waals surface area contributed by atoms with Gasteiger partial charge in [-0.1, -0.05) is 24.3 Å². The number of esters is 1. The first-order chi connectivity index (χ1) is 16.0. The van der Waals surface area contributed by atoms with Crippen LogP contribution in [0, 0.1) is 11.6 Å². The molecule has 4 aromatic rings. The predicted molar refractivity (Wildman–Crippen MR) is 119 cm³/mol. The summed E-state index contributed by atoms with van der Waals surface area (Å²) >= 11 is 0. The molecule has 3 aromatic carbocycles. The van der Waals surface area contributed by atoms with Crippen LogP contribution < -0.4 is 9.47 Å². The minimum Gasteiger partial charge on any atom is -0.496 e. The van der Waals surface area contributed by atoms with Gasteiger partial charge in [-0.15, -0.1) is 0 Å². The van der Waals surface area contributed by atoms with Crippen LogP contribution in [-0.4, -0.2) is 29.5 Å². The van der Waals surface area contributed by atoms with E-state index in [1.807, 2.05) is 18.2 Å². The quantitative estimate of drug-likeness (QED) is 0.347. The third-order valence-corrected chi connectivity index (χ3v) is 5.11. The predicted octanol–water partition coefficient (Wildman–Crippen LogP) is 5.13. The van der Waals surface area contributed by atoms with Gasteiger partial charge in [-0.05, 0) is 42.3 Å². The monoisotopic (exact) mass is 452 g/mol. The fraction of sp³-hybridized carbons (Fsp3) is 0.200. The largest absolute Gasteiger partial charge is 0.496 e. The standard InChI is InChI=1S/C25H22F2N2O4/c1-3-32-25(30)14-29-23-10-16(4-5-18(23)13-28-29)15-33-19-8-6-17(7-9-19)20-11-21(26)22(27)12-24(20)31-2/h4-13H,3,14-15H2,1-2H3. The molecule has 1 aromatic heterocycles. The lowest BCUT2D eigenvalue weighted by atomic mass is 10.0. The second kappa shape index (κ2) is 9.68. The van der Waals surface area contributed by atoms with Crippen molar-refractivity contribution in [2.24, 2.45) is 0 Å². The van der Waals surface area contributed by atoms with E-state index in [0.29, 0.717) is 30.1 Å². The number of hydrogen-bond acceptors (Lipinski definition) is 5. The molecule has 0 atom stereocenters. The smallest absolute Gasteiger partial charge is 0.327 e. The lowest BCUT2D eigenvalue weighted by Crippen LogP contribution is -2.14. The van der Waals surface area contributed by atoms with Gasteiger partial charge in [-0.25, -0.2) is 8.78 Å². The molecule has 8 heteroatoms. The molecular weight excluding hydrogens is 430 g/mol. The van der Waals surface area contributed by atoms with Gasteiger partial charge in [-0.3, -0.25) is 9.48 Å². The van der Waals surface area contributed by atoms with Crippen molar-refractivity contribution in [1.82, 2.24) is 9.78 Å². The minimum atomic E-state index is -0.962. The van der Waals surface area contributed by atoms with Crippen molar-refractivity contribution in [2.45, 2.75) is 20.1 Å². The second-order valence-corrected chi connectivity index (χ2v) is 7.28. The number of fused-ring (bicyclic) bond motifs is 1. The van der Waals surface area contributed by atoms with Gasteiger partial charge in [0.05, 0.1) is 25.4 Å². The molecule has 4 rings (SSSR count). The van der Waals surface area contributed by atoms with Gasteiger partial charge >= 0.3 is 5.97 Å². The first kappa shape index (κ1) is 22.3. The molecule has 0 aliphatic heterocycles. The molecule has 0 spiro atoms. The van der Waals surface area contributed by atoms with Crippen molar-refractivity contribution in [3.8, 4) is 22.6 Å². The number of hydrogen-bond donors (Lipinski definition) is 0. The number of methoxy groups -OCH3 is 1. The van der Waals surface area contributed by atoms with Gasteiger partial charge in [0, 0.05) is 17.0 Å². The van der Waals surface area contributed by atoms with E-state index in [1.165, 1.54) is 7.11 Å². The molecule has 0 N–H and O–H groups in total. The summed E-state index contributed by atoms with van der Waals surface area (Å²) in [6.07, 6.45) is 1.70. The fourth-order valence-electron chi connectivity index (χ4n) is 3.48. The summed E-state index contributed by atoms with van der Waals surface area (Å²) in [5, 5.41) is 5.17. The van der Waals surface area contributed by atoms with E-state index >= 15 is 0 Å². The van der Waals surface area contributed by atoms with Crippen LogP contribution in [0.15, 0.2) is 60.8 Å². The van der Waals surface area contributed by atoms with Gasteiger partial charge in [0.2, 0.25) is 0 Å². The van der Waals surface area contributed by atoms with Crippen molar-refractivity contribution in [3.63, 3.8) is 0 Å². The van der Waals surface area contributed by atoms with E-state index in [1.54, 1.807) is 42.1 Å². The Morgan fingerprint density at radius 2 is 1.79 bits per heavy atom. The number of carbonyl (C=O) groups excluding carboxylic acids is 1. The Morgan fingerprint density at radius 3 is 2.52 bits per heavy atom. The van der Waals surface area contributed by atoms with E-state index in [-0.39, 0.29) is 18.3 Å². The first-order valence-corrected chi connectivity index (χ1v) is 10.3. The molecular formula is C25H22F2N2O4. The third kappa shape index (κ3) is 4.95. The molecule has 0 fully saturated rings. The average Bonchev–Trinajstić information content (AvgIpc) is 3.21. The summed E-state index contributed by atoms with van der Waals surface area (Å²) in [6, 6.07) is 14.9. The Bertz CT molecular complexity index is 1290. The van der Waals surface area contributed by atoms with Gasteiger partial charge in [-0.2, -0.15) is 5.10 Å². The summed E-state index contributed by atoms with van der Waals surface area (Å²) < 4.78 is 44.8. The highest BCUT2D eigenvalue weighted by molar-refractivity contribution is 5.81. The molecule has 1 heterocycles. The number of rotatable bonds is 8. The van der Waals surface area contributed by atoms with Crippen LogP contribution in [0.3, 0.4) is 0 Å². The van der Waals surface area contributed by atoms with E-state index in [4.69, 9.17) is 14.2 Å². The molecule has 0 amide bonds. The van der Waals surface area contributed by atoms with Gasteiger partial charge in [0.1, 0.15) is 24.7 Å². The van der Waals surface area contributed by atoms with Crippen LogP contribution in [0.25, 0.3) is 22.0 Å². The Hall–Kier alpha value is -3.94. The first-order valence-electron chi connectivity index (χ1n) is 10.3. The van der Waals surface area contributed by atoms with Crippen LogP contribution in [0.2, 0.25) is 0 Å². The van der Waals surface area contributed by atoms with Gasteiger partial charge in [0.15, 0.2) is 11.6 Å². The number of benzene rings is 3. The Kier molecular flexibility index (Phi) is 6.53. The number of aromatic nitrogens is 2. The summed E-state index contributed by atoms with van der Waals surface area (Å²) in [6.45, 7) is 2.42.